The standard InChI is InChI=1S/C12H16ClN/c1-9-7-10(3-4-11(9)13)8-14-12(2)5-6-12/h3-4,7,14H,5-6,8H2,1-2H3. The van der Waals surface area contributed by atoms with E-state index in [1.165, 1.54) is 18.4 Å². The molecular formula is C12H16ClN. The number of halogens is 1. The highest BCUT2D eigenvalue weighted by molar-refractivity contribution is 6.31. The molecule has 14 heavy (non-hydrogen) atoms. The van der Waals surface area contributed by atoms with Crippen LogP contribution in [0.1, 0.15) is 30.9 Å². The van der Waals surface area contributed by atoms with Gasteiger partial charge in [0.15, 0.2) is 0 Å². The summed E-state index contributed by atoms with van der Waals surface area (Å²) >= 11 is 5.96. The van der Waals surface area contributed by atoms with Gasteiger partial charge >= 0.3 is 0 Å². The third kappa shape index (κ3) is 2.28. The Bertz CT molecular complexity index is 342. The zero-order valence-electron chi connectivity index (χ0n) is 8.73. The molecule has 0 unspecified atom stereocenters. The van der Waals surface area contributed by atoms with Crippen molar-refractivity contribution in [3.8, 4) is 0 Å². The Morgan fingerprint density at radius 3 is 2.71 bits per heavy atom. The smallest absolute Gasteiger partial charge is 0.0435 e. The number of rotatable bonds is 3. The fraction of sp³-hybridized carbons (Fsp3) is 0.500. The molecule has 1 nitrogen and oxygen atoms in total. The number of nitrogens with one attached hydrogen (secondary N) is 1. The molecule has 0 atom stereocenters. The number of benzene rings is 1. The Balaban J connectivity index is 1.99. The molecule has 1 saturated carbocycles. The van der Waals surface area contributed by atoms with Gasteiger partial charge in [0.1, 0.15) is 0 Å². The van der Waals surface area contributed by atoms with E-state index < -0.39 is 0 Å². The molecule has 0 saturated heterocycles. The van der Waals surface area contributed by atoms with Crippen molar-refractivity contribution in [3.05, 3.63) is 34.3 Å². The van der Waals surface area contributed by atoms with Crippen molar-refractivity contribution >= 4 is 11.6 Å². The van der Waals surface area contributed by atoms with Crippen molar-refractivity contribution in [2.24, 2.45) is 0 Å². The van der Waals surface area contributed by atoms with Gasteiger partial charge in [-0.05, 0) is 43.9 Å². The van der Waals surface area contributed by atoms with Crippen LogP contribution in [0.25, 0.3) is 0 Å². The SMILES string of the molecule is Cc1cc(CNC2(C)CC2)ccc1Cl. The van der Waals surface area contributed by atoms with Gasteiger partial charge in [-0.25, -0.2) is 0 Å². The quantitative estimate of drug-likeness (QED) is 0.806. The summed E-state index contributed by atoms with van der Waals surface area (Å²) in [5, 5.41) is 4.41. The maximum atomic E-state index is 5.96. The second kappa shape index (κ2) is 3.56. The Morgan fingerprint density at radius 2 is 2.14 bits per heavy atom. The average molecular weight is 210 g/mol. The summed E-state index contributed by atoms with van der Waals surface area (Å²) in [6.45, 7) is 5.27. The van der Waals surface area contributed by atoms with Gasteiger partial charge < -0.3 is 5.32 Å². The Kier molecular flexibility index (Phi) is 2.54. The van der Waals surface area contributed by atoms with Crippen LogP contribution in [0.4, 0.5) is 0 Å². The number of hydrogen-bond acceptors (Lipinski definition) is 1. The molecule has 2 rings (SSSR count). The molecule has 0 spiro atoms. The number of aryl methyl sites for hydroxylation is 1. The first-order valence-electron chi connectivity index (χ1n) is 5.09. The minimum absolute atomic E-state index is 0.410. The Morgan fingerprint density at radius 1 is 1.43 bits per heavy atom. The highest BCUT2D eigenvalue weighted by Gasteiger charge is 2.36. The molecule has 1 aliphatic rings. The van der Waals surface area contributed by atoms with E-state index in [2.05, 4.69) is 24.4 Å². The van der Waals surface area contributed by atoms with Gasteiger partial charge in [0, 0.05) is 17.1 Å². The molecule has 1 aromatic rings. The summed E-state index contributed by atoms with van der Waals surface area (Å²) in [4.78, 5) is 0. The van der Waals surface area contributed by atoms with Crippen LogP contribution >= 0.6 is 11.6 Å². The predicted octanol–water partition coefficient (Wildman–Crippen LogP) is 3.29. The van der Waals surface area contributed by atoms with E-state index >= 15 is 0 Å². The molecule has 1 N–H and O–H groups in total. The van der Waals surface area contributed by atoms with E-state index in [0.717, 1.165) is 17.1 Å². The summed E-state index contributed by atoms with van der Waals surface area (Å²) in [7, 11) is 0. The van der Waals surface area contributed by atoms with Gasteiger partial charge in [-0.3, -0.25) is 0 Å². The highest BCUT2D eigenvalue weighted by atomic mass is 35.5. The first-order valence-corrected chi connectivity index (χ1v) is 5.47. The van der Waals surface area contributed by atoms with Gasteiger partial charge in [-0.1, -0.05) is 23.7 Å². The van der Waals surface area contributed by atoms with Crippen molar-refractivity contribution in [2.75, 3.05) is 0 Å². The maximum Gasteiger partial charge on any atom is 0.0435 e. The topological polar surface area (TPSA) is 12.0 Å². The molecular weight excluding hydrogens is 194 g/mol. The lowest BCUT2D eigenvalue weighted by Gasteiger charge is -2.11. The van der Waals surface area contributed by atoms with Crippen LogP contribution in [0.5, 0.6) is 0 Å². The lowest BCUT2D eigenvalue weighted by molar-refractivity contribution is 0.537. The molecule has 1 fully saturated rings. The molecule has 0 amide bonds. The average Bonchev–Trinajstić information content (AvgIpc) is 2.87. The van der Waals surface area contributed by atoms with Crippen LogP contribution in [0.3, 0.4) is 0 Å². The molecule has 1 aliphatic carbocycles. The fourth-order valence-electron chi connectivity index (χ4n) is 1.50. The number of hydrogen-bond donors (Lipinski definition) is 1. The third-order valence-corrected chi connectivity index (χ3v) is 3.37. The Hall–Kier alpha value is -0.530. The lowest BCUT2D eigenvalue weighted by atomic mass is 10.1. The molecule has 0 aliphatic heterocycles. The van der Waals surface area contributed by atoms with Crippen LogP contribution in [0.2, 0.25) is 5.02 Å². The van der Waals surface area contributed by atoms with Crippen LogP contribution in [0, 0.1) is 6.92 Å². The highest BCUT2D eigenvalue weighted by Crippen LogP contribution is 2.34. The van der Waals surface area contributed by atoms with Crippen LogP contribution < -0.4 is 5.32 Å². The first kappa shape index (κ1) is 10.0. The van der Waals surface area contributed by atoms with E-state index in [-0.39, 0.29) is 0 Å². The zero-order chi connectivity index (χ0) is 10.2. The van der Waals surface area contributed by atoms with Gasteiger partial charge in [0.2, 0.25) is 0 Å². The summed E-state index contributed by atoms with van der Waals surface area (Å²) in [6.07, 6.45) is 2.61. The van der Waals surface area contributed by atoms with E-state index in [0.29, 0.717) is 5.54 Å². The second-order valence-electron chi connectivity index (χ2n) is 4.50. The third-order valence-electron chi connectivity index (χ3n) is 2.94. The zero-order valence-corrected chi connectivity index (χ0v) is 9.49. The van der Waals surface area contributed by atoms with Crippen molar-refractivity contribution in [2.45, 2.75) is 38.8 Å². The molecule has 2 heteroatoms. The van der Waals surface area contributed by atoms with Crippen LogP contribution in [-0.2, 0) is 6.54 Å². The van der Waals surface area contributed by atoms with Crippen LogP contribution in [0.15, 0.2) is 18.2 Å². The maximum absolute atomic E-state index is 5.96. The fourth-order valence-corrected chi connectivity index (χ4v) is 1.61. The molecule has 0 heterocycles. The molecule has 0 aromatic heterocycles. The van der Waals surface area contributed by atoms with Crippen molar-refractivity contribution < 1.29 is 0 Å². The minimum atomic E-state index is 0.410. The predicted molar refractivity (Wildman–Crippen MR) is 60.7 cm³/mol. The van der Waals surface area contributed by atoms with Gasteiger partial charge in [-0.15, -0.1) is 0 Å². The van der Waals surface area contributed by atoms with Crippen molar-refractivity contribution in [3.63, 3.8) is 0 Å². The summed E-state index contributed by atoms with van der Waals surface area (Å²) in [6, 6.07) is 6.22. The van der Waals surface area contributed by atoms with E-state index in [1.807, 2.05) is 13.0 Å². The largest absolute Gasteiger partial charge is 0.307 e. The van der Waals surface area contributed by atoms with Gasteiger partial charge in [0.25, 0.3) is 0 Å². The van der Waals surface area contributed by atoms with Crippen molar-refractivity contribution in [1.29, 1.82) is 0 Å². The van der Waals surface area contributed by atoms with E-state index in [4.69, 9.17) is 11.6 Å². The summed E-state index contributed by atoms with van der Waals surface area (Å²) in [5.74, 6) is 0. The minimum Gasteiger partial charge on any atom is -0.307 e. The monoisotopic (exact) mass is 209 g/mol. The van der Waals surface area contributed by atoms with Gasteiger partial charge in [0.05, 0.1) is 0 Å². The Labute approximate surface area is 90.5 Å². The van der Waals surface area contributed by atoms with Crippen molar-refractivity contribution in [1.82, 2.24) is 5.32 Å². The second-order valence-corrected chi connectivity index (χ2v) is 4.90. The molecule has 0 bridgehead atoms. The summed E-state index contributed by atoms with van der Waals surface area (Å²) < 4.78 is 0. The van der Waals surface area contributed by atoms with E-state index in [1.54, 1.807) is 0 Å². The lowest BCUT2D eigenvalue weighted by Crippen LogP contribution is -2.26. The molecule has 1 aromatic carbocycles. The summed E-state index contributed by atoms with van der Waals surface area (Å²) in [5.41, 5.74) is 2.89. The molecule has 0 radical (unpaired) electrons. The normalized spacial score (nSPS) is 18.2. The van der Waals surface area contributed by atoms with Crippen LogP contribution in [-0.4, -0.2) is 5.54 Å². The van der Waals surface area contributed by atoms with Gasteiger partial charge in [-0.2, -0.15) is 0 Å². The first-order chi connectivity index (χ1) is 6.59. The molecule has 76 valence electrons. The van der Waals surface area contributed by atoms with E-state index in [9.17, 15) is 0 Å².